The second-order valence-electron chi connectivity index (χ2n) is 5.00. The normalized spacial score (nSPS) is 11.4. The Bertz CT molecular complexity index is 892. The van der Waals surface area contributed by atoms with Crippen molar-refractivity contribution in [1.29, 1.82) is 0 Å². The van der Waals surface area contributed by atoms with Crippen molar-refractivity contribution < 1.29 is 23.2 Å². The summed E-state index contributed by atoms with van der Waals surface area (Å²) in [6.07, 6.45) is 2.40. The lowest BCUT2D eigenvalue weighted by Gasteiger charge is -2.07. The summed E-state index contributed by atoms with van der Waals surface area (Å²) in [4.78, 5) is 22.9. The summed E-state index contributed by atoms with van der Waals surface area (Å²) in [5, 5.41) is 8.42. The number of nitrogens with one attached hydrogen (secondary N) is 2. The molecule has 0 aliphatic rings. The number of sulfonamides is 1. The van der Waals surface area contributed by atoms with Gasteiger partial charge in [-0.3, -0.25) is 14.8 Å². The van der Waals surface area contributed by atoms with Crippen molar-refractivity contribution >= 4 is 27.8 Å². The zero-order valence-corrected chi connectivity index (χ0v) is 13.9. The van der Waals surface area contributed by atoms with Gasteiger partial charge in [0.15, 0.2) is 5.78 Å². The molecule has 0 atom stereocenters. The lowest BCUT2D eigenvalue weighted by molar-refractivity contribution is -0.124. The predicted molar refractivity (Wildman–Crippen MR) is 91.4 cm³/mol. The Morgan fingerprint density at radius 2 is 1.76 bits per heavy atom. The van der Waals surface area contributed by atoms with Gasteiger partial charge in [0.1, 0.15) is 0 Å². The summed E-state index contributed by atoms with van der Waals surface area (Å²) in [7, 11) is -3.88. The molecule has 0 spiro atoms. The number of rotatable bonds is 7. The third-order valence-electron chi connectivity index (χ3n) is 3.22. The number of carbonyl (C=O) groups is 2. The molecule has 0 saturated heterocycles. The number of benzene rings is 2. The zero-order chi connectivity index (χ0) is 18.3. The van der Waals surface area contributed by atoms with Gasteiger partial charge in [0.25, 0.3) is 5.91 Å². The van der Waals surface area contributed by atoms with Crippen LogP contribution < -0.4 is 10.2 Å². The smallest absolute Gasteiger partial charge is 0.267 e. The molecule has 130 valence electrons. The minimum atomic E-state index is -3.88. The fraction of sp³-hybridized carbons (Fsp3) is 0.0588. The number of ketones is 1. The second kappa shape index (κ2) is 8.34. The van der Waals surface area contributed by atoms with Crippen LogP contribution in [0.15, 0.2) is 65.6 Å². The molecule has 2 rings (SSSR count). The van der Waals surface area contributed by atoms with Gasteiger partial charge in [-0.15, -0.1) is 0 Å². The maximum atomic E-state index is 12.3. The molecule has 8 heteroatoms. The van der Waals surface area contributed by atoms with Gasteiger partial charge in [-0.2, -0.15) is 0 Å². The van der Waals surface area contributed by atoms with Crippen LogP contribution in [-0.2, 0) is 14.8 Å². The van der Waals surface area contributed by atoms with Crippen LogP contribution in [0.4, 0.5) is 0 Å². The zero-order valence-electron chi connectivity index (χ0n) is 13.0. The highest BCUT2D eigenvalue weighted by Gasteiger charge is 2.16. The second-order valence-corrected chi connectivity index (χ2v) is 6.76. The van der Waals surface area contributed by atoms with Crippen molar-refractivity contribution in [1.82, 2.24) is 10.2 Å². The Kier molecular flexibility index (Phi) is 6.18. The molecule has 0 radical (unpaired) electrons. The van der Waals surface area contributed by atoms with Crippen LogP contribution in [0.25, 0.3) is 6.08 Å². The van der Waals surface area contributed by atoms with Gasteiger partial charge in [-0.05, 0) is 23.8 Å². The van der Waals surface area contributed by atoms with Gasteiger partial charge in [-0.1, -0.05) is 42.5 Å². The molecule has 0 unspecified atom stereocenters. The minimum Gasteiger partial charge on any atom is -0.293 e. The van der Waals surface area contributed by atoms with Crippen molar-refractivity contribution in [3.05, 3.63) is 71.8 Å². The van der Waals surface area contributed by atoms with Crippen LogP contribution in [0.1, 0.15) is 15.9 Å². The van der Waals surface area contributed by atoms with Gasteiger partial charge in [-0.25, -0.2) is 18.6 Å². The van der Waals surface area contributed by atoms with Crippen LogP contribution in [0.3, 0.4) is 0 Å². The maximum absolute atomic E-state index is 12.3. The molecule has 2 aromatic carbocycles. The number of hydrogen-bond acceptors (Lipinski definition) is 5. The van der Waals surface area contributed by atoms with Crippen LogP contribution in [0.2, 0.25) is 0 Å². The van der Waals surface area contributed by atoms with E-state index in [4.69, 9.17) is 5.21 Å². The quantitative estimate of drug-likeness (QED) is 0.299. The molecule has 0 aliphatic heterocycles. The third-order valence-corrected chi connectivity index (χ3v) is 4.62. The molecule has 0 aliphatic carbocycles. The maximum Gasteiger partial charge on any atom is 0.267 e. The van der Waals surface area contributed by atoms with Crippen LogP contribution >= 0.6 is 0 Å². The highest BCUT2D eigenvalue weighted by atomic mass is 32.2. The van der Waals surface area contributed by atoms with E-state index >= 15 is 0 Å². The summed E-state index contributed by atoms with van der Waals surface area (Å²) in [5.41, 5.74) is 2.29. The molecule has 0 aromatic heterocycles. The summed E-state index contributed by atoms with van der Waals surface area (Å²) in [6, 6.07) is 14.2. The van der Waals surface area contributed by atoms with Gasteiger partial charge in [0.2, 0.25) is 10.0 Å². The first-order chi connectivity index (χ1) is 11.9. The number of hydroxylamine groups is 1. The fourth-order valence-corrected chi connectivity index (χ4v) is 3.00. The van der Waals surface area contributed by atoms with E-state index in [1.54, 1.807) is 36.4 Å². The van der Waals surface area contributed by atoms with E-state index in [0.29, 0.717) is 11.1 Å². The SMILES string of the molecule is O=C(/C=C/c1cccc(S(=O)(=O)NCC(=O)c2ccccc2)c1)NO. The molecule has 0 bridgehead atoms. The van der Waals surface area contributed by atoms with E-state index in [1.807, 2.05) is 0 Å². The van der Waals surface area contributed by atoms with Crippen molar-refractivity contribution in [3.63, 3.8) is 0 Å². The Balaban J connectivity index is 2.10. The van der Waals surface area contributed by atoms with E-state index in [0.717, 1.165) is 6.08 Å². The molecule has 0 fully saturated rings. The number of hydrogen-bond donors (Lipinski definition) is 3. The Morgan fingerprint density at radius 3 is 2.44 bits per heavy atom. The van der Waals surface area contributed by atoms with E-state index in [2.05, 4.69) is 4.72 Å². The number of Topliss-reactive ketones (excluding diaryl/α,β-unsaturated/α-hetero) is 1. The number of carbonyl (C=O) groups excluding carboxylic acids is 2. The van der Waals surface area contributed by atoms with Crippen LogP contribution in [0, 0.1) is 0 Å². The summed E-state index contributed by atoms with van der Waals surface area (Å²) in [6.45, 7) is -0.362. The molecular weight excluding hydrogens is 344 g/mol. The average molecular weight is 360 g/mol. The summed E-state index contributed by atoms with van der Waals surface area (Å²) < 4.78 is 26.9. The van der Waals surface area contributed by atoms with E-state index in [9.17, 15) is 18.0 Å². The van der Waals surface area contributed by atoms with Gasteiger partial charge in [0, 0.05) is 11.6 Å². The highest BCUT2D eigenvalue weighted by Crippen LogP contribution is 2.13. The van der Waals surface area contributed by atoms with E-state index < -0.39 is 15.9 Å². The largest absolute Gasteiger partial charge is 0.293 e. The lowest BCUT2D eigenvalue weighted by Crippen LogP contribution is -2.29. The van der Waals surface area contributed by atoms with Gasteiger partial charge >= 0.3 is 0 Å². The van der Waals surface area contributed by atoms with Crippen LogP contribution in [0.5, 0.6) is 0 Å². The van der Waals surface area contributed by atoms with Crippen molar-refractivity contribution in [2.75, 3.05) is 6.54 Å². The topological polar surface area (TPSA) is 113 Å². The van der Waals surface area contributed by atoms with E-state index in [-0.39, 0.29) is 17.2 Å². The average Bonchev–Trinajstić information content (AvgIpc) is 2.65. The molecule has 0 heterocycles. The molecule has 25 heavy (non-hydrogen) atoms. The Hall–Kier alpha value is -2.81. The summed E-state index contributed by atoms with van der Waals surface area (Å²) >= 11 is 0. The molecule has 7 nitrogen and oxygen atoms in total. The lowest BCUT2D eigenvalue weighted by atomic mass is 10.1. The number of amides is 1. The standard InChI is InChI=1S/C17H16N2O5S/c20-16(14-6-2-1-3-7-14)12-18-25(23,24)15-8-4-5-13(11-15)9-10-17(21)19-22/h1-11,18,22H,12H2,(H,19,21)/b10-9+. The molecule has 1 amide bonds. The Morgan fingerprint density at radius 1 is 1.04 bits per heavy atom. The monoisotopic (exact) mass is 360 g/mol. The van der Waals surface area contributed by atoms with Gasteiger partial charge < -0.3 is 0 Å². The van der Waals surface area contributed by atoms with Crippen molar-refractivity contribution in [2.45, 2.75) is 4.90 Å². The molecular formula is C17H16N2O5S. The Labute approximate surface area is 145 Å². The molecule has 2 aromatic rings. The first kappa shape index (κ1) is 18.5. The molecule has 0 saturated carbocycles. The highest BCUT2D eigenvalue weighted by molar-refractivity contribution is 7.89. The predicted octanol–water partition coefficient (Wildman–Crippen LogP) is 1.37. The first-order valence-electron chi connectivity index (χ1n) is 7.22. The minimum absolute atomic E-state index is 0.0417. The first-order valence-corrected chi connectivity index (χ1v) is 8.71. The summed E-state index contributed by atoms with van der Waals surface area (Å²) in [5.74, 6) is -1.08. The van der Waals surface area contributed by atoms with Crippen molar-refractivity contribution in [2.24, 2.45) is 0 Å². The fourth-order valence-electron chi connectivity index (χ4n) is 1.96. The van der Waals surface area contributed by atoms with E-state index in [1.165, 1.54) is 29.8 Å². The third kappa shape index (κ3) is 5.35. The molecule has 3 N–H and O–H groups in total. The van der Waals surface area contributed by atoms with Crippen molar-refractivity contribution in [3.8, 4) is 0 Å². The van der Waals surface area contributed by atoms with Crippen LogP contribution in [-0.4, -0.2) is 31.9 Å². The van der Waals surface area contributed by atoms with Gasteiger partial charge in [0.05, 0.1) is 11.4 Å².